The molecule has 0 aromatic heterocycles. The molecule has 2 atom stereocenters. The molecule has 1 aliphatic rings. The van der Waals surface area contributed by atoms with Gasteiger partial charge in [0.25, 0.3) is 0 Å². The Hall–Kier alpha value is -1.88. The highest BCUT2D eigenvalue weighted by Gasteiger charge is 2.27. The molecule has 0 radical (unpaired) electrons. The van der Waals surface area contributed by atoms with Gasteiger partial charge in [-0.2, -0.15) is 0 Å². The van der Waals surface area contributed by atoms with Crippen molar-refractivity contribution in [2.45, 2.75) is 103 Å². The van der Waals surface area contributed by atoms with Crippen LogP contribution in [0.1, 0.15) is 101 Å². The van der Waals surface area contributed by atoms with Crippen LogP contribution in [-0.2, 0) is 6.42 Å². The van der Waals surface area contributed by atoms with Crippen molar-refractivity contribution in [2.24, 2.45) is 11.7 Å². The fourth-order valence-electron chi connectivity index (χ4n) is 5.70. The third-order valence-electron chi connectivity index (χ3n) is 8.26. The van der Waals surface area contributed by atoms with Crippen molar-refractivity contribution < 1.29 is 5.11 Å². The maximum absolute atomic E-state index is 11.1. The first-order valence-electron chi connectivity index (χ1n) is 15.2. The van der Waals surface area contributed by atoms with Gasteiger partial charge in [0.1, 0.15) is 0 Å². The summed E-state index contributed by atoms with van der Waals surface area (Å²) in [6.07, 6.45) is 16.4. The molecule has 0 spiro atoms. The van der Waals surface area contributed by atoms with E-state index in [1.165, 1.54) is 89.0 Å². The fraction of sp³-hybridized carbons (Fsp3) is 0.636. The fourth-order valence-corrected chi connectivity index (χ4v) is 5.70. The lowest BCUT2D eigenvalue weighted by Gasteiger charge is -2.38. The quantitative estimate of drug-likeness (QED) is 0.185. The van der Waals surface area contributed by atoms with Crippen molar-refractivity contribution in [1.29, 1.82) is 0 Å². The molecule has 4 nitrogen and oxygen atoms in total. The number of nitrogens with zero attached hydrogens (tertiary/aromatic N) is 1. The van der Waals surface area contributed by atoms with Crippen molar-refractivity contribution in [3.63, 3.8) is 0 Å². The van der Waals surface area contributed by atoms with Crippen molar-refractivity contribution in [1.82, 2.24) is 4.90 Å². The number of nitrogens with two attached hydrogens (primary N) is 1. The van der Waals surface area contributed by atoms with E-state index in [2.05, 4.69) is 71.7 Å². The molecule has 1 aliphatic heterocycles. The second-order valence-corrected chi connectivity index (χ2v) is 11.2. The monoisotopic (exact) mass is 507 g/mol. The molecule has 0 saturated carbocycles. The third-order valence-corrected chi connectivity index (χ3v) is 8.26. The van der Waals surface area contributed by atoms with Crippen LogP contribution >= 0.6 is 0 Å². The predicted molar refractivity (Wildman–Crippen MR) is 159 cm³/mol. The SMILES string of the molecule is C[C@H]([C@H](O)c1ccc(NCCCCCCCCCCCCN)cc1)N1CCC(Cc2ccccc2)CC1. The molecule has 2 aromatic carbocycles. The average Bonchev–Trinajstić information content (AvgIpc) is 2.94. The first kappa shape index (κ1) is 29.7. The van der Waals surface area contributed by atoms with E-state index < -0.39 is 6.10 Å². The molecular weight excluding hydrogens is 454 g/mol. The molecule has 2 aromatic rings. The zero-order valence-electron chi connectivity index (χ0n) is 23.4. The van der Waals surface area contributed by atoms with Gasteiger partial charge in [-0.3, -0.25) is 4.90 Å². The van der Waals surface area contributed by atoms with Gasteiger partial charge in [0.2, 0.25) is 0 Å². The van der Waals surface area contributed by atoms with Crippen molar-refractivity contribution >= 4 is 5.69 Å². The third kappa shape index (κ3) is 11.2. The van der Waals surface area contributed by atoms with E-state index in [0.717, 1.165) is 43.3 Å². The van der Waals surface area contributed by atoms with Crippen LogP contribution < -0.4 is 11.1 Å². The van der Waals surface area contributed by atoms with Crippen LogP contribution in [-0.4, -0.2) is 42.2 Å². The minimum Gasteiger partial charge on any atom is -0.387 e. The largest absolute Gasteiger partial charge is 0.387 e. The van der Waals surface area contributed by atoms with Gasteiger partial charge < -0.3 is 16.2 Å². The Kier molecular flexibility index (Phi) is 14.1. The number of benzene rings is 2. The van der Waals surface area contributed by atoms with E-state index in [-0.39, 0.29) is 6.04 Å². The van der Waals surface area contributed by atoms with E-state index >= 15 is 0 Å². The topological polar surface area (TPSA) is 61.5 Å². The number of hydrogen-bond acceptors (Lipinski definition) is 4. The van der Waals surface area contributed by atoms with E-state index in [9.17, 15) is 5.11 Å². The highest BCUT2D eigenvalue weighted by Crippen LogP contribution is 2.28. The minimum absolute atomic E-state index is 0.141. The highest BCUT2D eigenvalue weighted by atomic mass is 16.3. The second-order valence-electron chi connectivity index (χ2n) is 11.2. The summed E-state index contributed by atoms with van der Waals surface area (Å²) >= 11 is 0. The number of hydrogen-bond donors (Lipinski definition) is 3. The molecule has 1 saturated heterocycles. The lowest BCUT2D eigenvalue weighted by molar-refractivity contribution is 0.0373. The first-order valence-corrected chi connectivity index (χ1v) is 15.2. The lowest BCUT2D eigenvalue weighted by atomic mass is 9.89. The highest BCUT2D eigenvalue weighted by molar-refractivity contribution is 5.45. The maximum Gasteiger partial charge on any atom is 0.0942 e. The zero-order valence-corrected chi connectivity index (χ0v) is 23.4. The molecule has 1 fully saturated rings. The van der Waals surface area contributed by atoms with Crippen LogP contribution in [0, 0.1) is 5.92 Å². The van der Waals surface area contributed by atoms with E-state index in [0.29, 0.717) is 0 Å². The molecule has 0 bridgehead atoms. The maximum atomic E-state index is 11.1. The van der Waals surface area contributed by atoms with Crippen LogP contribution in [0.4, 0.5) is 5.69 Å². The van der Waals surface area contributed by atoms with Crippen molar-refractivity contribution in [3.05, 3.63) is 65.7 Å². The Morgan fingerprint density at radius 3 is 1.97 bits per heavy atom. The second kappa shape index (κ2) is 17.6. The molecule has 4 heteroatoms. The molecule has 3 rings (SSSR count). The summed E-state index contributed by atoms with van der Waals surface area (Å²) in [5.41, 5.74) is 9.17. The van der Waals surface area contributed by atoms with Gasteiger partial charge in [-0.1, -0.05) is 93.8 Å². The van der Waals surface area contributed by atoms with Crippen molar-refractivity contribution in [3.8, 4) is 0 Å². The Balaban J connectivity index is 1.26. The van der Waals surface area contributed by atoms with Gasteiger partial charge in [0.05, 0.1) is 6.10 Å². The summed E-state index contributed by atoms with van der Waals surface area (Å²) in [5.74, 6) is 0.755. The molecule has 0 unspecified atom stereocenters. The summed E-state index contributed by atoms with van der Waals surface area (Å²) in [7, 11) is 0. The average molecular weight is 508 g/mol. The number of nitrogens with one attached hydrogen (secondary N) is 1. The van der Waals surface area contributed by atoms with E-state index in [1.54, 1.807) is 0 Å². The van der Waals surface area contributed by atoms with Gasteiger partial charge in [0, 0.05) is 18.3 Å². The molecule has 4 N–H and O–H groups in total. The number of aliphatic hydroxyl groups is 1. The van der Waals surface area contributed by atoms with Crippen molar-refractivity contribution in [2.75, 3.05) is 31.5 Å². The molecule has 0 amide bonds. The predicted octanol–water partition coefficient (Wildman–Crippen LogP) is 7.33. The Morgan fingerprint density at radius 1 is 0.811 bits per heavy atom. The zero-order chi connectivity index (χ0) is 26.1. The first-order chi connectivity index (χ1) is 18.2. The van der Waals surface area contributed by atoms with Crippen LogP contribution in [0.2, 0.25) is 0 Å². The van der Waals surface area contributed by atoms with Gasteiger partial charge in [-0.05, 0) is 87.8 Å². The van der Waals surface area contributed by atoms with Gasteiger partial charge in [-0.25, -0.2) is 0 Å². The van der Waals surface area contributed by atoms with Crippen LogP contribution in [0.15, 0.2) is 54.6 Å². The number of rotatable bonds is 18. The smallest absolute Gasteiger partial charge is 0.0942 e. The summed E-state index contributed by atoms with van der Waals surface area (Å²) in [6.45, 7) is 6.19. The van der Waals surface area contributed by atoms with E-state index in [4.69, 9.17) is 5.73 Å². The normalized spacial score (nSPS) is 16.5. The Morgan fingerprint density at radius 2 is 1.38 bits per heavy atom. The van der Waals surface area contributed by atoms with Gasteiger partial charge in [0.15, 0.2) is 0 Å². The Labute approximate surface area is 227 Å². The standard InChI is InChI=1S/C33H53N3O/c1-28(36-25-21-30(22-26-36)27-29-15-11-10-12-16-29)33(37)31-17-19-32(20-18-31)35-24-14-9-7-5-3-2-4-6-8-13-23-34/h10-12,15-20,28,30,33,35,37H,2-9,13-14,21-27,34H2,1H3/t28-,33+/m1/s1. The number of piperidine rings is 1. The number of unbranched alkanes of at least 4 members (excludes halogenated alkanes) is 9. The summed E-state index contributed by atoms with van der Waals surface area (Å²) < 4.78 is 0. The summed E-state index contributed by atoms with van der Waals surface area (Å²) in [4.78, 5) is 2.47. The van der Waals surface area contributed by atoms with Crippen LogP contribution in [0.25, 0.3) is 0 Å². The molecule has 0 aliphatic carbocycles. The number of aliphatic hydroxyl groups excluding tert-OH is 1. The molecule has 1 heterocycles. The lowest BCUT2D eigenvalue weighted by Crippen LogP contribution is -2.43. The van der Waals surface area contributed by atoms with Crippen LogP contribution in [0.3, 0.4) is 0 Å². The molecular formula is C33H53N3O. The summed E-state index contributed by atoms with van der Waals surface area (Å²) in [6, 6.07) is 19.4. The van der Waals surface area contributed by atoms with Gasteiger partial charge in [-0.15, -0.1) is 0 Å². The van der Waals surface area contributed by atoms with E-state index in [1.807, 2.05) is 0 Å². The Bertz CT molecular complexity index is 817. The molecule has 206 valence electrons. The van der Waals surface area contributed by atoms with Gasteiger partial charge >= 0.3 is 0 Å². The minimum atomic E-state index is -0.444. The number of anilines is 1. The molecule has 37 heavy (non-hydrogen) atoms. The number of likely N-dealkylation sites (tertiary alicyclic amines) is 1. The van der Waals surface area contributed by atoms with Crippen LogP contribution in [0.5, 0.6) is 0 Å². The summed E-state index contributed by atoms with van der Waals surface area (Å²) in [5, 5.41) is 14.6.